The van der Waals surface area contributed by atoms with Crippen LogP contribution < -0.4 is 0 Å². The molecule has 2 N–H and O–H groups in total. The van der Waals surface area contributed by atoms with Crippen LogP contribution in [0.25, 0.3) is 0 Å². The van der Waals surface area contributed by atoms with Gasteiger partial charge in [-0.05, 0) is 92.6 Å². The maximum atomic E-state index is 11.2. The summed E-state index contributed by atoms with van der Waals surface area (Å²) in [5, 5.41) is 19.6. The zero-order valence-corrected chi connectivity index (χ0v) is 27.4. The molecule has 39 heavy (non-hydrogen) atoms. The summed E-state index contributed by atoms with van der Waals surface area (Å²) < 4.78 is 7.35. The maximum Gasteiger partial charge on any atom is 0.192 e. The monoisotopic (exact) mass is 570 g/mol. The molecule has 216 valence electrons. The molecule has 0 aliphatic carbocycles. The molecule has 0 aliphatic heterocycles. The molecule has 0 saturated heterocycles. The van der Waals surface area contributed by atoms with E-state index in [-0.39, 0.29) is 21.8 Å². The van der Waals surface area contributed by atoms with Gasteiger partial charge in [0.05, 0.1) is 19.2 Å². The Morgan fingerprint density at radius 1 is 0.795 bits per heavy atom. The molecule has 0 aliphatic rings. The zero-order valence-electron chi connectivity index (χ0n) is 25.4. The quantitative estimate of drug-likeness (QED) is 0.156. The summed E-state index contributed by atoms with van der Waals surface area (Å²) in [7, 11) is -3.95. The van der Waals surface area contributed by atoms with Gasteiger partial charge in [0.25, 0.3) is 0 Å². The molecular formula is C32H50O5Si2. The minimum atomic E-state index is -2.14. The van der Waals surface area contributed by atoms with Gasteiger partial charge in [0.2, 0.25) is 0 Å². The van der Waals surface area contributed by atoms with E-state index in [9.17, 15) is 19.8 Å². The van der Waals surface area contributed by atoms with Crippen LogP contribution in [-0.2, 0) is 17.3 Å². The highest BCUT2D eigenvalue weighted by Gasteiger charge is 2.51. The van der Waals surface area contributed by atoms with E-state index in [1.807, 2.05) is 12.1 Å². The van der Waals surface area contributed by atoms with Crippen LogP contribution in [0.15, 0.2) is 36.4 Å². The second-order valence-corrected chi connectivity index (χ2v) is 22.5. The van der Waals surface area contributed by atoms with Gasteiger partial charge in [-0.3, -0.25) is 9.59 Å². The lowest BCUT2D eigenvalue weighted by Gasteiger charge is -2.52. The first-order valence-electron chi connectivity index (χ1n) is 14.4. The summed E-state index contributed by atoms with van der Waals surface area (Å²) in [5.74, 6) is 0.0730. The number of phenolic OH excluding ortho intramolecular Hbond substituents is 2. The molecule has 2 atom stereocenters. The number of rotatable bonds is 16. The molecule has 0 saturated carbocycles. The third kappa shape index (κ3) is 7.92. The van der Waals surface area contributed by atoms with Crippen LogP contribution in [-0.4, -0.2) is 44.4 Å². The van der Waals surface area contributed by atoms with E-state index in [4.69, 9.17) is 4.43 Å². The van der Waals surface area contributed by atoms with Crippen molar-refractivity contribution in [1.29, 1.82) is 0 Å². The van der Waals surface area contributed by atoms with Crippen LogP contribution in [0.3, 0.4) is 0 Å². The number of phenols is 2. The van der Waals surface area contributed by atoms with Crippen LogP contribution in [0.2, 0.25) is 37.3 Å². The van der Waals surface area contributed by atoms with E-state index in [1.54, 1.807) is 24.3 Å². The minimum absolute atomic E-state index is 0.0356. The number of hydrogen-bond acceptors (Lipinski definition) is 5. The zero-order chi connectivity index (χ0) is 29.5. The normalized spacial score (nSPS) is 15.4. The van der Waals surface area contributed by atoms with Gasteiger partial charge in [0.15, 0.2) is 20.9 Å². The van der Waals surface area contributed by atoms with E-state index >= 15 is 0 Å². The van der Waals surface area contributed by atoms with Crippen molar-refractivity contribution in [1.82, 2.24) is 0 Å². The summed E-state index contributed by atoms with van der Waals surface area (Å²) in [6, 6.07) is 11.8. The number of hydrogen-bond donors (Lipinski definition) is 2. The first-order valence-corrected chi connectivity index (χ1v) is 20.5. The van der Waals surface area contributed by atoms with Crippen molar-refractivity contribution >= 4 is 29.0 Å². The average Bonchev–Trinajstić information content (AvgIpc) is 2.89. The van der Waals surface area contributed by atoms with Gasteiger partial charge < -0.3 is 14.6 Å². The summed E-state index contributed by atoms with van der Waals surface area (Å²) >= 11 is 0. The predicted octanol–water partition coefficient (Wildman–Crippen LogP) is 8.49. The van der Waals surface area contributed by atoms with E-state index in [1.165, 1.54) is 0 Å². The fourth-order valence-electron chi connectivity index (χ4n) is 5.67. The minimum Gasteiger partial charge on any atom is -0.507 e. The summed E-state index contributed by atoms with van der Waals surface area (Å²) in [4.78, 5) is 22.4. The lowest BCUT2D eigenvalue weighted by atomic mass is 9.97. The number of benzene rings is 2. The van der Waals surface area contributed by atoms with Gasteiger partial charge in [-0.15, -0.1) is 0 Å². The molecule has 2 unspecified atom stereocenters. The van der Waals surface area contributed by atoms with Crippen molar-refractivity contribution in [3.63, 3.8) is 0 Å². The Labute approximate surface area is 238 Å². The molecule has 5 nitrogen and oxygen atoms in total. The first kappa shape index (κ1) is 33.0. The SMILES string of the molecule is CCC(C)(O[Si](C)(C)C(C)(CC)CCCc1ccc(O)c(C=O)c1)[Si](C)(C)CCCc1ccc(O)c(C=O)c1. The van der Waals surface area contributed by atoms with E-state index in [0.29, 0.717) is 23.7 Å². The Hall–Kier alpha value is -2.23. The molecule has 0 bridgehead atoms. The Bertz CT molecular complexity index is 1130. The van der Waals surface area contributed by atoms with Crippen LogP contribution in [0.5, 0.6) is 11.5 Å². The third-order valence-corrected chi connectivity index (χ3v) is 19.3. The van der Waals surface area contributed by atoms with Gasteiger partial charge in [-0.2, -0.15) is 0 Å². The summed E-state index contributed by atoms with van der Waals surface area (Å²) in [5.41, 5.74) is 2.87. The highest BCUT2D eigenvalue weighted by atomic mass is 28.4. The molecule has 0 radical (unpaired) electrons. The number of aromatic hydroxyl groups is 2. The molecule has 7 heteroatoms. The van der Waals surface area contributed by atoms with Crippen LogP contribution >= 0.6 is 0 Å². The number of carbonyl (C=O) groups is 2. The van der Waals surface area contributed by atoms with Gasteiger partial charge >= 0.3 is 0 Å². The molecule has 2 rings (SSSR count). The molecule has 2 aromatic carbocycles. The van der Waals surface area contributed by atoms with E-state index in [2.05, 4.69) is 53.9 Å². The fourth-order valence-corrected chi connectivity index (χ4v) is 13.2. The summed E-state index contributed by atoms with van der Waals surface area (Å²) in [6.45, 7) is 18.9. The van der Waals surface area contributed by atoms with Crippen LogP contribution in [0.4, 0.5) is 0 Å². The Balaban J connectivity index is 2.09. The Morgan fingerprint density at radius 2 is 1.28 bits per heavy atom. The molecule has 0 spiro atoms. The van der Waals surface area contributed by atoms with Crippen molar-refractivity contribution in [2.45, 2.75) is 115 Å². The number of aldehydes is 2. The topological polar surface area (TPSA) is 83.8 Å². The van der Waals surface area contributed by atoms with Crippen molar-refractivity contribution in [2.75, 3.05) is 0 Å². The molecule has 0 amide bonds. The highest BCUT2D eigenvalue weighted by Crippen LogP contribution is 2.49. The second-order valence-electron chi connectivity index (χ2n) is 12.7. The molecular weight excluding hydrogens is 521 g/mol. The maximum absolute atomic E-state index is 11.2. The van der Waals surface area contributed by atoms with Gasteiger partial charge in [0, 0.05) is 5.22 Å². The predicted molar refractivity (Wildman–Crippen MR) is 166 cm³/mol. The average molecular weight is 571 g/mol. The fraction of sp³-hybridized carbons (Fsp3) is 0.562. The van der Waals surface area contributed by atoms with E-state index < -0.39 is 16.4 Å². The Morgan fingerprint density at radius 3 is 1.72 bits per heavy atom. The lowest BCUT2D eigenvalue weighted by Crippen LogP contribution is -2.60. The van der Waals surface area contributed by atoms with Crippen molar-refractivity contribution in [3.05, 3.63) is 58.7 Å². The highest BCUT2D eigenvalue weighted by molar-refractivity contribution is 6.82. The van der Waals surface area contributed by atoms with Crippen LogP contribution in [0, 0.1) is 0 Å². The molecule has 0 aromatic heterocycles. The van der Waals surface area contributed by atoms with Gasteiger partial charge in [-0.25, -0.2) is 0 Å². The number of carbonyl (C=O) groups excluding carboxylic acids is 2. The number of aryl methyl sites for hydroxylation is 2. The van der Waals surface area contributed by atoms with Crippen molar-refractivity contribution < 1.29 is 24.2 Å². The first-order chi connectivity index (χ1) is 18.2. The standard InChI is InChI=1S/C32H50O5Si2/c1-9-31(3,19-11-13-25-15-17-29(35)27(21-25)23-33)39(7,8)37-32(4,10-2)38(5,6)20-12-14-26-16-18-30(36)28(22-26)24-34/h15-18,21-24,35-36H,9-14,19-20H2,1-8H3. The van der Waals surface area contributed by atoms with Crippen molar-refractivity contribution in [2.24, 2.45) is 0 Å². The van der Waals surface area contributed by atoms with E-state index in [0.717, 1.165) is 62.1 Å². The third-order valence-electron chi connectivity index (χ3n) is 9.72. The lowest BCUT2D eigenvalue weighted by molar-refractivity contribution is 0.111. The van der Waals surface area contributed by atoms with Crippen molar-refractivity contribution in [3.8, 4) is 11.5 Å². The van der Waals surface area contributed by atoms with Gasteiger partial charge in [-0.1, -0.05) is 64.9 Å². The second kappa shape index (κ2) is 13.4. The smallest absolute Gasteiger partial charge is 0.192 e. The molecule has 0 fully saturated rings. The molecule has 0 heterocycles. The van der Waals surface area contributed by atoms with Crippen LogP contribution in [0.1, 0.15) is 91.6 Å². The van der Waals surface area contributed by atoms with Gasteiger partial charge in [0.1, 0.15) is 11.5 Å². The molecule has 2 aromatic rings. The Kier molecular flexibility index (Phi) is 11.3. The summed E-state index contributed by atoms with van der Waals surface area (Å²) in [6.07, 6.45) is 8.32. The largest absolute Gasteiger partial charge is 0.507 e.